The van der Waals surface area contributed by atoms with Crippen molar-refractivity contribution >= 4 is 43.7 Å². The van der Waals surface area contributed by atoms with Crippen LogP contribution >= 0.6 is 0 Å². The molecule has 544 valence electrons. The zero-order valence-corrected chi connectivity index (χ0v) is 62.7. The van der Waals surface area contributed by atoms with Gasteiger partial charge in [-0.05, 0) is 80.9 Å². The van der Waals surface area contributed by atoms with Gasteiger partial charge in [0.1, 0.15) is 22.9 Å². The van der Waals surface area contributed by atoms with Crippen molar-refractivity contribution in [2.45, 2.75) is 0 Å². The number of pyridine rings is 2. The van der Waals surface area contributed by atoms with Crippen molar-refractivity contribution in [1.29, 1.82) is 0 Å². The summed E-state index contributed by atoms with van der Waals surface area (Å²) >= 11 is 0. The van der Waals surface area contributed by atoms with E-state index in [1.54, 1.807) is 0 Å². The molecule has 116 heavy (non-hydrogen) atoms. The van der Waals surface area contributed by atoms with E-state index < -0.39 is 0 Å². The third-order valence-corrected chi connectivity index (χ3v) is 21.1. The maximum absolute atomic E-state index is 7.14. The average molecular weight is 1490 g/mol. The van der Waals surface area contributed by atoms with Crippen LogP contribution in [-0.2, 0) is 0 Å². The smallest absolute Gasteiger partial charge is 0.164 e. The molecule has 0 amide bonds. The lowest BCUT2D eigenvalue weighted by atomic mass is 9.93. The maximum Gasteiger partial charge on any atom is 0.164 e. The molecule has 0 spiro atoms. The Labute approximate surface area is 669 Å². The van der Waals surface area contributed by atoms with Gasteiger partial charge in [0, 0.05) is 88.3 Å². The molecule has 0 unspecified atom stereocenters. The SMILES string of the molecule is c1ccc(-c2cccc(-c3c(-c4cccc(-c5nc(-c6ccccc6)nc(-c6ccccc6)n5)c4)oc4c(-c5ccccc5)nc5ccccc5c34)c2)cc1.c1ccc(-c2cccc(-c3nc(-c4ccccc4)nc(-c4ccc(-c5oc6c(-c7ccccc7)nc7ccccc7c6c5-c5cccc(-c6ccccc6)c5)cc4)n3)c2)cc1. The number of furan rings is 2. The lowest BCUT2D eigenvalue weighted by Gasteiger charge is -2.11. The van der Waals surface area contributed by atoms with Gasteiger partial charge in [-0.1, -0.05) is 376 Å². The standard InChI is InChI=1S/C56H36N4O.C50H32N4O/c1-5-17-37(18-6-1)43-25-15-27-45(35-43)49-50-47-29-13-14-30-48(47)57-51(39-21-9-3-10-22-39)53(50)61-52(49)40-31-33-42(34-32-40)55-58-54(41-23-11-4-12-24-41)59-56(60-55)46-28-16-26-44(36-46)38-19-7-2-8-20-38;1-5-17-33(18-6-1)37-25-15-26-38(31-37)43-44-41-29-13-14-30-42(41)51-45(34-19-7-2-8-20-34)47(44)55-46(43)39-27-16-28-40(32-39)50-53-48(35-21-9-3-10-22-35)52-49(54-50)36-23-11-4-12-24-36/h1-36H;1-32H. The highest BCUT2D eigenvalue weighted by atomic mass is 16.3. The van der Waals surface area contributed by atoms with E-state index in [9.17, 15) is 0 Å². The van der Waals surface area contributed by atoms with Crippen LogP contribution in [-0.4, -0.2) is 39.9 Å². The summed E-state index contributed by atoms with van der Waals surface area (Å²) in [5, 5.41) is 4.11. The minimum absolute atomic E-state index is 0.579. The van der Waals surface area contributed by atoms with Gasteiger partial charge in [0.2, 0.25) is 0 Å². The molecule has 21 rings (SSSR count). The van der Waals surface area contributed by atoms with Gasteiger partial charge in [0.25, 0.3) is 0 Å². The summed E-state index contributed by atoms with van der Waals surface area (Å²) in [6.45, 7) is 0. The molecule has 0 N–H and O–H groups in total. The molecule has 6 aromatic heterocycles. The zero-order chi connectivity index (χ0) is 77.1. The number of nitrogens with zero attached hydrogens (tertiary/aromatic N) is 8. The summed E-state index contributed by atoms with van der Waals surface area (Å²) in [4.78, 5) is 40.6. The van der Waals surface area contributed by atoms with E-state index in [2.05, 4.69) is 243 Å². The highest BCUT2D eigenvalue weighted by molar-refractivity contribution is 6.20. The van der Waals surface area contributed by atoms with Gasteiger partial charge in [-0.15, -0.1) is 0 Å². The van der Waals surface area contributed by atoms with E-state index in [-0.39, 0.29) is 0 Å². The van der Waals surface area contributed by atoms with E-state index in [0.717, 1.165) is 178 Å². The highest BCUT2D eigenvalue weighted by Crippen LogP contribution is 2.50. The molecule has 21 aromatic rings. The van der Waals surface area contributed by atoms with Crippen molar-refractivity contribution in [3.63, 3.8) is 0 Å². The Kier molecular flexibility index (Phi) is 18.4. The van der Waals surface area contributed by atoms with Gasteiger partial charge in [-0.2, -0.15) is 0 Å². The van der Waals surface area contributed by atoms with E-state index in [1.165, 1.54) is 0 Å². The second-order valence-corrected chi connectivity index (χ2v) is 28.4. The molecule has 0 fully saturated rings. The van der Waals surface area contributed by atoms with Crippen LogP contribution in [0.5, 0.6) is 0 Å². The third kappa shape index (κ3) is 13.7. The van der Waals surface area contributed by atoms with Crippen LogP contribution in [0.2, 0.25) is 0 Å². The molecular formula is C106H68N8O2. The molecule has 0 bridgehead atoms. The molecule has 0 aliphatic rings. The van der Waals surface area contributed by atoms with Gasteiger partial charge in [-0.25, -0.2) is 39.9 Å². The minimum Gasteiger partial charge on any atom is -0.453 e. The lowest BCUT2D eigenvalue weighted by molar-refractivity contribution is 0.632. The van der Waals surface area contributed by atoms with Crippen LogP contribution in [0.15, 0.2) is 421 Å². The molecule has 0 saturated heterocycles. The number of fused-ring (bicyclic) bond motifs is 6. The fraction of sp³-hybridized carbons (Fsp3) is 0. The maximum atomic E-state index is 7.14. The summed E-state index contributed by atoms with van der Waals surface area (Å²) in [6.07, 6.45) is 0. The number of aromatic nitrogens is 8. The third-order valence-electron chi connectivity index (χ3n) is 21.1. The monoisotopic (exact) mass is 1480 g/mol. The first-order valence-corrected chi connectivity index (χ1v) is 38.7. The van der Waals surface area contributed by atoms with E-state index >= 15 is 0 Å². The fourth-order valence-corrected chi connectivity index (χ4v) is 15.5. The molecule has 15 aromatic carbocycles. The molecular weight excluding hydrogens is 1420 g/mol. The molecule has 10 nitrogen and oxygen atoms in total. The Balaban J connectivity index is 0.000000150. The van der Waals surface area contributed by atoms with Crippen LogP contribution in [0.25, 0.3) is 213 Å². The van der Waals surface area contributed by atoms with E-state index in [4.69, 9.17) is 48.7 Å². The Morgan fingerprint density at radius 2 is 0.388 bits per heavy atom. The van der Waals surface area contributed by atoms with Crippen molar-refractivity contribution < 1.29 is 8.83 Å². The quantitative estimate of drug-likeness (QED) is 0.0978. The average Bonchev–Trinajstić information content (AvgIpc) is 1.54. The number of hydrogen-bond acceptors (Lipinski definition) is 10. The van der Waals surface area contributed by atoms with Crippen molar-refractivity contribution in [2.24, 2.45) is 0 Å². The normalized spacial score (nSPS) is 11.3. The Morgan fingerprint density at radius 3 is 0.741 bits per heavy atom. The second-order valence-electron chi connectivity index (χ2n) is 28.4. The first kappa shape index (κ1) is 69.4. The minimum atomic E-state index is 0.579. The number of rotatable bonds is 15. The van der Waals surface area contributed by atoms with Crippen LogP contribution in [0.1, 0.15) is 0 Å². The second kappa shape index (κ2) is 30.8. The largest absolute Gasteiger partial charge is 0.453 e. The van der Waals surface area contributed by atoms with Crippen molar-refractivity contribution in [1.82, 2.24) is 39.9 Å². The summed E-state index contributed by atoms with van der Waals surface area (Å²) in [5.41, 5.74) is 25.0. The topological polar surface area (TPSA) is 129 Å². The lowest BCUT2D eigenvalue weighted by Crippen LogP contribution is -2.00. The van der Waals surface area contributed by atoms with Crippen molar-refractivity contribution in [3.8, 4) is 169 Å². The van der Waals surface area contributed by atoms with Crippen molar-refractivity contribution in [3.05, 3.63) is 413 Å². The number of hydrogen-bond donors (Lipinski definition) is 0. The molecule has 0 radical (unpaired) electrons. The highest BCUT2D eigenvalue weighted by Gasteiger charge is 2.28. The fourth-order valence-electron chi connectivity index (χ4n) is 15.5. The van der Waals surface area contributed by atoms with E-state index in [0.29, 0.717) is 34.9 Å². The summed E-state index contributed by atoms with van der Waals surface area (Å²) in [5.74, 6) is 5.12. The molecule has 0 saturated carbocycles. The summed E-state index contributed by atoms with van der Waals surface area (Å²) in [7, 11) is 0. The zero-order valence-electron chi connectivity index (χ0n) is 62.7. The Bertz CT molecular complexity index is 7100. The first-order chi connectivity index (χ1) is 57.5. The summed E-state index contributed by atoms with van der Waals surface area (Å²) in [6, 6.07) is 141. The molecule has 0 aliphatic heterocycles. The van der Waals surface area contributed by atoms with Crippen LogP contribution in [0.3, 0.4) is 0 Å². The molecule has 6 heterocycles. The van der Waals surface area contributed by atoms with Crippen LogP contribution < -0.4 is 0 Å². The number of para-hydroxylation sites is 2. The van der Waals surface area contributed by atoms with Gasteiger partial charge < -0.3 is 8.83 Å². The van der Waals surface area contributed by atoms with Gasteiger partial charge in [0.05, 0.1) is 11.0 Å². The van der Waals surface area contributed by atoms with E-state index in [1.807, 2.05) is 170 Å². The van der Waals surface area contributed by atoms with Gasteiger partial charge in [-0.3, -0.25) is 0 Å². The van der Waals surface area contributed by atoms with Gasteiger partial charge >= 0.3 is 0 Å². The predicted molar refractivity (Wildman–Crippen MR) is 471 cm³/mol. The number of benzene rings is 15. The molecule has 10 heteroatoms. The predicted octanol–water partition coefficient (Wildman–Crippen LogP) is 27.3. The Hall–Kier alpha value is -15.8. The van der Waals surface area contributed by atoms with Crippen LogP contribution in [0, 0.1) is 0 Å². The van der Waals surface area contributed by atoms with Gasteiger partial charge in [0.15, 0.2) is 46.1 Å². The van der Waals surface area contributed by atoms with Crippen molar-refractivity contribution in [2.75, 3.05) is 0 Å². The first-order valence-electron chi connectivity index (χ1n) is 38.7. The van der Waals surface area contributed by atoms with Crippen LogP contribution in [0.4, 0.5) is 0 Å². The molecule has 0 aliphatic carbocycles. The summed E-state index contributed by atoms with van der Waals surface area (Å²) < 4.78 is 14.3. The molecule has 0 atom stereocenters. The Morgan fingerprint density at radius 1 is 0.155 bits per heavy atom.